The number of likely N-dealkylation sites (N-methyl/N-ethyl adjacent to an activating group) is 1. The summed E-state index contributed by atoms with van der Waals surface area (Å²) in [6.45, 7) is 16.7. The Morgan fingerprint density at radius 1 is 1.14 bits per heavy atom. The maximum absolute atomic E-state index is 17.3. The topological polar surface area (TPSA) is 134 Å². The molecule has 3 fully saturated rings. The van der Waals surface area contributed by atoms with Crippen LogP contribution in [0.3, 0.4) is 0 Å². The van der Waals surface area contributed by atoms with Crippen LogP contribution < -0.4 is 10.7 Å². The van der Waals surface area contributed by atoms with Crippen LogP contribution >= 0.6 is 11.3 Å². The molecule has 3 aliphatic heterocycles. The Bertz CT molecular complexity index is 2360. The summed E-state index contributed by atoms with van der Waals surface area (Å²) in [7, 11) is 5.80. The third-order valence-corrected chi connectivity index (χ3v) is 15.3. The van der Waals surface area contributed by atoms with E-state index in [1.165, 1.54) is 16.3 Å². The molecule has 2 saturated heterocycles. The molecular weight excluding hydrogens is 832 g/mol. The molecule has 2 amide bonds. The number of nitrogens with zero attached hydrogens (tertiary/aromatic N) is 6. The lowest BCUT2D eigenvalue weighted by Crippen LogP contribution is -2.60. The predicted molar refractivity (Wildman–Crippen MR) is 248 cm³/mol. The number of piperidine rings is 1. The summed E-state index contributed by atoms with van der Waals surface area (Å²) in [6.07, 6.45) is 3.97. The molecule has 3 aromatic heterocycles. The molecule has 6 heterocycles. The third kappa shape index (κ3) is 9.38. The van der Waals surface area contributed by atoms with E-state index in [9.17, 15) is 14.4 Å². The smallest absolute Gasteiger partial charge is 0.324 e. The number of aromatic nitrogens is 3. The van der Waals surface area contributed by atoms with Crippen molar-refractivity contribution in [2.24, 2.45) is 23.2 Å². The fourth-order valence-electron chi connectivity index (χ4n) is 10.0. The van der Waals surface area contributed by atoms with Crippen LogP contribution in [0.2, 0.25) is 0 Å². The first-order valence-corrected chi connectivity index (χ1v) is 24.1. The number of carbonyl (C=O) groups is 3. The number of hydrogen-bond donors (Lipinski definition) is 2. The summed E-state index contributed by atoms with van der Waals surface area (Å²) >= 11 is 1.46. The van der Waals surface area contributed by atoms with Crippen molar-refractivity contribution in [2.75, 3.05) is 60.5 Å². The molecule has 8 rings (SSSR count). The van der Waals surface area contributed by atoms with Crippen molar-refractivity contribution in [3.63, 3.8) is 0 Å². The number of pyridine rings is 1. The van der Waals surface area contributed by atoms with E-state index in [1.54, 1.807) is 13.3 Å². The molecule has 64 heavy (non-hydrogen) atoms. The van der Waals surface area contributed by atoms with Gasteiger partial charge in [0.05, 0.1) is 34.8 Å². The number of esters is 1. The molecular formula is C49H67FN8O5S. The maximum atomic E-state index is 17.3. The van der Waals surface area contributed by atoms with Crippen LogP contribution in [0.5, 0.6) is 0 Å². The van der Waals surface area contributed by atoms with Crippen molar-refractivity contribution in [3.8, 4) is 22.5 Å². The lowest BCUT2D eigenvalue weighted by Gasteiger charge is -2.37. The molecule has 0 radical (unpaired) electrons. The molecule has 1 saturated carbocycles. The van der Waals surface area contributed by atoms with Crippen LogP contribution in [0, 0.1) is 23.2 Å². The van der Waals surface area contributed by atoms with Gasteiger partial charge in [-0.2, -0.15) is 0 Å². The van der Waals surface area contributed by atoms with Gasteiger partial charge in [0, 0.05) is 103 Å². The van der Waals surface area contributed by atoms with Crippen LogP contribution in [0.25, 0.3) is 33.4 Å². The number of nitrogens with one attached hydrogen (secondary N) is 2. The zero-order valence-corrected chi connectivity index (χ0v) is 39.9. The van der Waals surface area contributed by atoms with Gasteiger partial charge in [-0.1, -0.05) is 33.8 Å². The van der Waals surface area contributed by atoms with Gasteiger partial charge in [0.2, 0.25) is 5.91 Å². The number of rotatable bonds is 10. The first kappa shape index (κ1) is 46.3. The Kier molecular flexibility index (Phi) is 13.4. The van der Waals surface area contributed by atoms with Crippen molar-refractivity contribution in [2.45, 2.75) is 110 Å². The minimum absolute atomic E-state index is 0.124. The number of thiazole rings is 1. The van der Waals surface area contributed by atoms with Gasteiger partial charge in [-0.25, -0.2) is 14.8 Å². The average Bonchev–Trinajstić information content (AvgIpc) is 3.54. The van der Waals surface area contributed by atoms with Crippen molar-refractivity contribution >= 4 is 40.0 Å². The molecule has 4 aromatic rings. The van der Waals surface area contributed by atoms with E-state index in [1.807, 2.05) is 18.4 Å². The van der Waals surface area contributed by atoms with E-state index in [-0.39, 0.29) is 48.7 Å². The predicted octanol–water partition coefficient (Wildman–Crippen LogP) is 6.93. The molecule has 0 unspecified atom stereocenters. The number of fused-ring (bicyclic) bond motifs is 6. The highest BCUT2D eigenvalue weighted by Crippen LogP contribution is 2.46. The standard InChI is InChI=1S/C49H67FN8O5S/c1-10-57-40-14-13-32-22-34(40)36(44(57)35-23-33(26-51-43(35)31(4)62-9)49(50)15-18-56(19-16-49)21-20-55(7)8)25-48(5,6)28-63-47(61)37-12-11-17-58(54-37)46(60)38(24-41-52-39(32)27-64-41)53-45(59)42-29(2)30(42)3/h13-14,22-23,26-27,29-31,37-38,42,54H,10-12,15-21,24-25,28H2,1-9H3,(H,53,59)/t29-,30+,31-,37-,38-,42+/m0/s1. The summed E-state index contributed by atoms with van der Waals surface area (Å²) in [6, 6.07) is 6.83. The Morgan fingerprint density at radius 2 is 1.89 bits per heavy atom. The Morgan fingerprint density at radius 3 is 2.58 bits per heavy atom. The largest absolute Gasteiger partial charge is 0.464 e. The third-order valence-electron chi connectivity index (χ3n) is 14.4. The second kappa shape index (κ2) is 18.5. The van der Waals surface area contributed by atoms with Crippen molar-refractivity contribution in [3.05, 3.63) is 57.7 Å². The number of cyclic esters (lactones) is 1. The maximum Gasteiger partial charge on any atom is 0.324 e. The Balaban J connectivity index is 1.23. The highest BCUT2D eigenvalue weighted by molar-refractivity contribution is 7.10. The fraction of sp³-hybridized carbons (Fsp3) is 0.612. The molecule has 13 nitrogen and oxygen atoms in total. The molecule has 15 heteroatoms. The van der Waals surface area contributed by atoms with Gasteiger partial charge < -0.3 is 29.2 Å². The average molecular weight is 899 g/mol. The van der Waals surface area contributed by atoms with Gasteiger partial charge in [0.1, 0.15) is 17.8 Å². The van der Waals surface area contributed by atoms with Gasteiger partial charge in [-0.05, 0) is 95.6 Å². The number of aryl methyl sites for hydroxylation is 1. The van der Waals surface area contributed by atoms with E-state index >= 15 is 4.39 Å². The van der Waals surface area contributed by atoms with E-state index in [0.29, 0.717) is 63.8 Å². The molecule has 6 bridgehead atoms. The molecule has 2 N–H and O–H groups in total. The number of likely N-dealkylation sites (tertiary alicyclic amines) is 1. The summed E-state index contributed by atoms with van der Waals surface area (Å²) in [5.74, 6) is -0.502. The first-order chi connectivity index (χ1) is 30.5. The molecule has 4 aliphatic rings. The molecule has 1 aromatic carbocycles. The Hall–Kier alpha value is -4.28. The van der Waals surface area contributed by atoms with Crippen molar-refractivity contribution in [1.29, 1.82) is 0 Å². The number of amides is 2. The van der Waals surface area contributed by atoms with Crippen molar-refractivity contribution < 1.29 is 28.2 Å². The van der Waals surface area contributed by atoms with Crippen molar-refractivity contribution in [1.82, 2.24) is 40.1 Å². The number of carbonyl (C=O) groups excluding carboxylic acids is 3. The first-order valence-electron chi connectivity index (χ1n) is 23.2. The number of hydrogen-bond acceptors (Lipinski definition) is 11. The monoisotopic (exact) mass is 898 g/mol. The van der Waals surface area contributed by atoms with E-state index in [0.717, 1.165) is 62.8 Å². The lowest BCUT2D eigenvalue weighted by molar-refractivity contribution is -0.155. The van der Waals surface area contributed by atoms with Crippen LogP contribution in [0.4, 0.5) is 4.39 Å². The number of halogens is 1. The van der Waals surface area contributed by atoms with Crippen LogP contribution in [0.15, 0.2) is 35.8 Å². The molecule has 6 atom stereocenters. The highest BCUT2D eigenvalue weighted by Gasteiger charge is 2.49. The van der Waals surface area contributed by atoms with E-state index < -0.39 is 29.1 Å². The summed E-state index contributed by atoms with van der Waals surface area (Å²) in [5, 5.41) is 8.32. The zero-order valence-electron chi connectivity index (χ0n) is 39.1. The summed E-state index contributed by atoms with van der Waals surface area (Å²) in [4.78, 5) is 56.2. The van der Waals surface area contributed by atoms with Crippen LogP contribution in [0.1, 0.15) is 95.2 Å². The number of methoxy groups -OCH3 is 1. The summed E-state index contributed by atoms with van der Waals surface area (Å²) in [5.41, 5.74) is 7.92. The zero-order chi connectivity index (χ0) is 45.7. The second-order valence-corrected chi connectivity index (χ2v) is 20.8. The minimum Gasteiger partial charge on any atom is -0.464 e. The van der Waals surface area contributed by atoms with Gasteiger partial charge in [0.15, 0.2) is 0 Å². The number of benzene rings is 1. The lowest BCUT2D eigenvalue weighted by atomic mass is 9.82. The van der Waals surface area contributed by atoms with Gasteiger partial charge in [-0.3, -0.25) is 24.4 Å². The highest BCUT2D eigenvalue weighted by atomic mass is 32.1. The molecule has 1 aliphatic carbocycles. The van der Waals surface area contributed by atoms with E-state index in [2.05, 4.69) is 92.0 Å². The van der Waals surface area contributed by atoms with Crippen LogP contribution in [-0.4, -0.2) is 120 Å². The SMILES string of the molecule is CCn1c(-c2cc(C3(F)CCN(CCN(C)C)CC3)cnc2[C@H](C)OC)c2c3cc(ccc31)-c1csc(n1)C[C@H](NC(=O)[C@H]1[C@H](C)[C@@H]1C)C(=O)N1CCC[C@H](N1)C(=O)OCC(C)(C)C2. The normalized spacial score (nSPS) is 25.5. The molecule has 346 valence electrons. The summed E-state index contributed by atoms with van der Waals surface area (Å²) < 4.78 is 31.7. The van der Waals surface area contributed by atoms with Gasteiger partial charge >= 0.3 is 5.97 Å². The minimum atomic E-state index is -1.54. The second-order valence-electron chi connectivity index (χ2n) is 19.8. The quantitative estimate of drug-likeness (QED) is 0.162. The van der Waals surface area contributed by atoms with Crippen LogP contribution in [-0.2, 0) is 48.9 Å². The molecule has 0 spiro atoms. The number of ether oxygens (including phenoxy) is 2. The Labute approximate surface area is 381 Å². The fourth-order valence-corrected chi connectivity index (χ4v) is 10.9. The van der Waals surface area contributed by atoms with Gasteiger partial charge in [0.25, 0.3) is 5.91 Å². The number of hydrazine groups is 1. The van der Waals surface area contributed by atoms with Gasteiger partial charge in [-0.15, -0.1) is 11.3 Å². The number of alkyl halides is 1. The van der Waals surface area contributed by atoms with E-state index in [4.69, 9.17) is 19.4 Å².